The summed E-state index contributed by atoms with van der Waals surface area (Å²) in [6.07, 6.45) is 0. The molecule has 7 nitrogen and oxygen atoms in total. The van der Waals surface area contributed by atoms with Crippen LogP contribution in [-0.2, 0) is 9.59 Å². The number of rotatable bonds is 5. The van der Waals surface area contributed by atoms with E-state index in [0.717, 1.165) is 10.5 Å². The molecule has 140 valence electrons. The van der Waals surface area contributed by atoms with Crippen molar-refractivity contribution in [2.24, 2.45) is 0 Å². The molecule has 0 aliphatic carbocycles. The zero-order valence-electron chi connectivity index (χ0n) is 14.8. The van der Waals surface area contributed by atoms with E-state index in [4.69, 9.17) is 16.3 Å². The number of methoxy groups -OCH3 is 1. The van der Waals surface area contributed by atoms with E-state index < -0.39 is 30.4 Å². The summed E-state index contributed by atoms with van der Waals surface area (Å²) in [4.78, 5) is 38.0. The Hall–Kier alpha value is -3.06. The molecule has 0 radical (unpaired) electrons. The summed E-state index contributed by atoms with van der Waals surface area (Å²) < 4.78 is 5.21. The van der Waals surface area contributed by atoms with Crippen molar-refractivity contribution in [2.75, 3.05) is 19.0 Å². The lowest BCUT2D eigenvalue weighted by molar-refractivity contribution is -0.130. The first-order valence-electron chi connectivity index (χ1n) is 8.21. The van der Waals surface area contributed by atoms with Gasteiger partial charge >= 0.3 is 6.03 Å². The minimum atomic E-state index is -0.793. The smallest absolute Gasteiger partial charge is 0.325 e. The van der Waals surface area contributed by atoms with Gasteiger partial charge in [0.1, 0.15) is 18.3 Å². The van der Waals surface area contributed by atoms with Crippen LogP contribution < -0.4 is 15.4 Å². The molecule has 1 saturated heterocycles. The van der Waals surface area contributed by atoms with Crippen LogP contribution in [0.2, 0.25) is 5.02 Å². The molecule has 0 spiro atoms. The maximum Gasteiger partial charge on any atom is 0.325 e. The quantitative estimate of drug-likeness (QED) is 0.772. The fourth-order valence-corrected chi connectivity index (χ4v) is 2.96. The zero-order valence-corrected chi connectivity index (χ0v) is 15.5. The van der Waals surface area contributed by atoms with Crippen LogP contribution in [0.5, 0.6) is 5.75 Å². The van der Waals surface area contributed by atoms with Gasteiger partial charge in [-0.05, 0) is 24.1 Å². The first-order valence-corrected chi connectivity index (χ1v) is 8.59. The highest BCUT2D eigenvalue weighted by Gasteiger charge is 2.39. The number of aryl methyl sites for hydroxylation is 1. The third-order valence-electron chi connectivity index (χ3n) is 4.22. The van der Waals surface area contributed by atoms with Crippen molar-refractivity contribution in [2.45, 2.75) is 13.0 Å². The van der Waals surface area contributed by atoms with Crippen LogP contribution in [0.4, 0.5) is 10.5 Å². The predicted octanol–water partition coefficient (Wildman–Crippen LogP) is 2.89. The van der Waals surface area contributed by atoms with E-state index in [1.807, 2.05) is 6.07 Å². The van der Waals surface area contributed by atoms with Crippen LogP contribution >= 0.6 is 11.6 Å². The lowest BCUT2D eigenvalue weighted by Gasteiger charge is -2.15. The molecule has 1 atom stereocenters. The fraction of sp³-hybridized carbons (Fsp3) is 0.211. The Labute approximate surface area is 161 Å². The van der Waals surface area contributed by atoms with Crippen LogP contribution in [0.25, 0.3) is 0 Å². The number of anilines is 1. The Kier molecular flexibility index (Phi) is 5.32. The van der Waals surface area contributed by atoms with Crippen LogP contribution in [0, 0.1) is 6.92 Å². The highest BCUT2D eigenvalue weighted by atomic mass is 35.5. The summed E-state index contributed by atoms with van der Waals surface area (Å²) >= 11 is 6.05. The number of benzene rings is 2. The van der Waals surface area contributed by atoms with Crippen LogP contribution in [-0.4, -0.2) is 36.4 Å². The van der Waals surface area contributed by atoms with Gasteiger partial charge in [0.25, 0.3) is 5.91 Å². The van der Waals surface area contributed by atoms with E-state index in [2.05, 4.69) is 10.6 Å². The molecular formula is C19H18ClN3O4. The average molecular weight is 388 g/mol. The molecule has 3 rings (SSSR count). The van der Waals surface area contributed by atoms with Crippen molar-refractivity contribution in [1.29, 1.82) is 0 Å². The lowest BCUT2D eigenvalue weighted by Crippen LogP contribution is -2.38. The van der Waals surface area contributed by atoms with Crippen LogP contribution in [0.1, 0.15) is 17.2 Å². The molecular weight excluding hydrogens is 370 g/mol. The zero-order chi connectivity index (χ0) is 19.6. The van der Waals surface area contributed by atoms with Gasteiger partial charge in [0.15, 0.2) is 0 Å². The molecule has 0 saturated carbocycles. The van der Waals surface area contributed by atoms with Crippen molar-refractivity contribution in [3.8, 4) is 5.75 Å². The Morgan fingerprint density at radius 2 is 1.96 bits per heavy atom. The molecule has 2 aromatic rings. The summed E-state index contributed by atoms with van der Waals surface area (Å²) in [5.41, 5.74) is 1.83. The van der Waals surface area contributed by atoms with E-state index in [9.17, 15) is 14.4 Å². The number of imide groups is 1. The van der Waals surface area contributed by atoms with Gasteiger partial charge in [-0.25, -0.2) is 4.79 Å². The number of ether oxygens (including phenoxy) is 1. The molecule has 27 heavy (non-hydrogen) atoms. The van der Waals surface area contributed by atoms with Crippen molar-refractivity contribution in [1.82, 2.24) is 10.2 Å². The molecule has 0 bridgehead atoms. The summed E-state index contributed by atoms with van der Waals surface area (Å²) in [7, 11) is 1.46. The number of nitrogens with one attached hydrogen (secondary N) is 2. The topological polar surface area (TPSA) is 87.7 Å². The van der Waals surface area contributed by atoms with Gasteiger partial charge in [-0.3, -0.25) is 14.5 Å². The van der Waals surface area contributed by atoms with Gasteiger partial charge in [0.2, 0.25) is 5.91 Å². The predicted molar refractivity (Wildman–Crippen MR) is 101 cm³/mol. The Bertz CT molecular complexity index is 901. The minimum Gasteiger partial charge on any atom is -0.495 e. The highest BCUT2D eigenvalue weighted by molar-refractivity contribution is 6.31. The molecule has 2 N–H and O–H groups in total. The Morgan fingerprint density at radius 3 is 2.63 bits per heavy atom. The third kappa shape index (κ3) is 3.88. The number of carbonyl (C=O) groups is 3. The van der Waals surface area contributed by atoms with Crippen molar-refractivity contribution >= 4 is 35.1 Å². The van der Waals surface area contributed by atoms with Gasteiger partial charge in [0.05, 0.1) is 12.8 Å². The maximum absolute atomic E-state index is 12.5. The second-order valence-electron chi connectivity index (χ2n) is 6.07. The van der Waals surface area contributed by atoms with Crippen molar-refractivity contribution in [3.05, 3.63) is 58.6 Å². The molecule has 1 aliphatic rings. The van der Waals surface area contributed by atoms with Crippen LogP contribution in [0.3, 0.4) is 0 Å². The number of amides is 4. The first kappa shape index (κ1) is 18.7. The SMILES string of the molecule is COc1cc(Cl)c(C)cc1NC(=O)CN1C(=O)NC(c2ccccc2)C1=O. The van der Waals surface area contributed by atoms with Crippen molar-refractivity contribution < 1.29 is 19.1 Å². The van der Waals surface area contributed by atoms with E-state index in [1.54, 1.807) is 43.3 Å². The largest absolute Gasteiger partial charge is 0.495 e. The van der Waals surface area contributed by atoms with Crippen LogP contribution in [0.15, 0.2) is 42.5 Å². The maximum atomic E-state index is 12.5. The van der Waals surface area contributed by atoms with E-state index >= 15 is 0 Å². The van der Waals surface area contributed by atoms with E-state index in [1.165, 1.54) is 7.11 Å². The number of hydrogen-bond donors (Lipinski definition) is 2. The second kappa shape index (κ2) is 7.67. The molecule has 1 heterocycles. The molecule has 0 aromatic heterocycles. The summed E-state index contributed by atoms with van der Waals surface area (Å²) in [6.45, 7) is 1.39. The average Bonchev–Trinajstić information content (AvgIpc) is 2.93. The van der Waals surface area contributed by atoms with E-state index in [-0.39, 0.29) is 0 Å². The Morgan fingerprint density at radius 1 is 1.26 bits per heavy atom. The molecule has 1 aliphatic heterocycles. The second-order valence-corrected chi connectivity index (χ2v) is 6.47. The molecule has 1 unspecified atom stereocenters. The van der Waals surface area contributed by atoms with Gasteiger partial charge in [-0.1, -0.05) is 41.9 Å². The number of halogens is 1. The number of carbonyl (C=O) groups excluding carboxylic acids is 3. The number of hydrogen-bond acceptors (Lipinski definition) is 4. The summed E-state index contributed by atoms with van der Waals surface area (Å²) in [6, 6.07) is 10.7. The molecule has 1 fully saturated rings. The monoisotopic (exact) mass is 387 g/mol. The number of nitrogens with zero attached hydrogens (tertiary/aromatic N) is 1. The van der Waals surface area contributed by atoms with E-state index in [0.29, 0.717) is 22.0 Å². The Balaban J connectivity index is 1.72. The number of urea groups is 1. The summed E-state index contributed by atoms with van der Waals surface area (Å²) in [5.74, 6) is -0.605. The van der Waals surface area contributed by atoms with Gasteiger partial charge in [-0.2, -0.15) is 0 Å². The molecule has 2 aromatic carbocycles. The summed E-state index contributed by atoms with van der Waals surface area (Å²) in [5, 5.41) is 5.75. The normalized spacial score (nSPS) is 16.3. The van der Waals surface area contributed by atoms with Gasteiger partial charge in [0, 0.05) is 11.1 Å². The fourth-order valence-electron chi connectivity index (χ4n) is 2.80. The molecule has 4 amide bonds. The standard InChI is InChI=1S/C19H18ClN3O4/c1-11-8-14(15(27-2)9-13(11)20)21-16(24)10-23-18(25)17(22-19(23)26)12-6-4-3-5-7-12/h3-9,17H,10H2,1-2H3,(H,21,24)(H,22,26). The van der Waals surface area contributed by atoms with Gasteiger partial charge < -0.3 is 15.4 Å². The third-order valence-corrected chi connectivity index (χ3v) is 4.62. The van der Waals surface area contributed by atoms with Crippen molar-refractivity contribution in [3.63, 3.8) is 0 Å². The van der Waals surface area contributed by atoms with Gasteiger partial charge in [-0.15, -0.1) is 0 Å². The first-order chi connectivity index (χ1) is 12.9. The minimum absolute atomic E-state index is 0.387. The highest BCUT2D eigenvalue weighted by Crippen LogP contribution is 2.31. The molecule has 8 heteroatoms. The lowest BCUT2D eigenvalue weighted by atomic mass is 10.1.